The van der Waals surface area contributed by atoms with Gasteiger partial charge in [0.05, 0.1) is 12.2 Å². The van der Waals surface area contributed by atoms with Crippen molar-refractivity contribution in [2.45, 2.75) is 71.6 Å². The fourth-order valence-corrected chi connectivity index (χ4v) is 2.82. The van der Waals surface area contributed by atoms with Gasteiger partial charge in [-0.3, -0.25) is 0 Å². The summed E-state index contributed by atoms with van der Waals surface area (Å²) in [6.07, 6.45) is 3.45. The molecule has 0 aliphatic carbocycles. The Morgan fingerprint density at radius 1 is 1.09 bits per heavy atom. The molecule has 1 aromatic rings. The molecule has 0 N–H and O–H groups in total. The van der Waals surface area contributed by atoms with E-state index in [1.165, 1.54) is 6.07 Å². The Morgan fingerprint density at radius 2 is 1.73 bits per heavy atom. The average Bonchev–Trinajstić information content (AvgIpc) is 2.42. The van der Waals surface area contributed by atoms with Gasteiger partial charge in [0.2, 0.25) is 0 Å². The lowest BCUT2D eigenvalue weighted by Gasteiger charge is -2.36. The predicted molar refractivity (Wildman–Crippen MR) is 90.2 cm³/mol. The maximum Gasteiger partial charge on any atom is 0.273 e. The Hall–Kier alpha value is -0.753. The van der Waals surface area contributed by atoms with Crippen LogP contribution in [0.25, 0.3) is 0 Å². The normalized spacial score (nSPS) is 12.5. The molecule has 0 saturated carbocycles. The van der Waals surface area contributed by atoms with E-state index in [0.29, 0.717) is 16.9 Å². The molecule has 0 aliphatic rings. The van der Waals surface area contributed by atoms with Crippen molar-refractivity contribution < 1.29 is 18.3 Å². The van der Waals surface area contributed by atoms with Crippen LogP contribution in [-0.4, -0.2) is 28.7 Å². The topological polar surface area (TPSA) is 27.7 Å². The summed E-state index contributed by atoms with van der Waals surface area (Å²) in [7, 11) is 0.550. The third-order valence-corrected chi connectivity index (χ3v) is 3.85. The average molecular weight is 329 g/mol. The highest BCUT2D eigenvalue weighted by Gasteiger charge is 2.33. The first-order valence-electron chi connectivity index (χ1n) is 8.02. The molecule has 0 bridgehead atoms. The van der Waals surface area contributed by atoms with Gasteiger partial charge in [0.15, 0.2) is 10.5 Å². The van der Waals surface area contributed by atoms with Crippen molar-refractivity contribution in [3.05, 3.63) is 35.6 Å². The van der Waals surface area contributed by atoms with Crippen molar-refractivity contribution in [2.24, 2.45) is 0 Å². The van der Waals surface area contributed by atoms with Gasteiger partial charge in [-0.2, -0.15) is 0 Å². The van der Waals surface area contributed by atoms with Crippen molar-refractivity contribution in [1.82, 2.24) is 0 Å². The molecule has 22 heavy (non-hydrogen) atoms. The predicted octanol–water partition coefficient (Wildman–Crippen LogP) is 3.34. The Labute approximate surface area is 136 Å². The number of unbranched alkanes of at least 4 members (excludes halogenated alkanes) is 1. The number of rotatable bonds is 10. The zero-order valence-corrected chi connectivity index (χ0v) is 16.4. The van der Waals surface area contributed by atoms with E-state index in [4.69, 9.17) is 13.9 Å². The lowest BCUT2D eigenvalue weighted by molar-refractivity contribution is -0.369. The van der Waals surface area contributed by atoms with Gasteiger partial charge in [-0.05, 0) is 64.7 Å². The molecular weight excluding hydrogens is 299 g/mol. The van der Waals surface area contributed by atoms with Crippen LogP contribution >= 0.6 is 0 Å². The van der Waals surface area contributed by atoms with Crippen LogP contribution in [0, 0.1) is 5.82 Å². The lowest BCUT2D eigenvalue weighted by atomic mass is 10.1. The SMILES string of the molecule is CC(C)OC(CCCCc1cccc(F)c1)(O[SiH3])OC(C)C. The third kappa shape index (κ3) is 7.00. The van der Waals surface area contributed by atoms with Crippen molar-refractivity contribution in [2.75, 3.05) is 0 Å². The molecule has 0 aliphatic heterocycles. The van der Waals surface area contributed by atoms with E-state index in [1.807, 2.05) is 33.8 Å². The molecule has 1 rings (SSSR count). The van der Waals surface area contributed by atoms with Gasteiger partial charge >= 0.3 is 0 Å². The van der Waals surface area contributed by atoms with Gasteiger partial charge in [-0.25, -0.2) is 4.39 Å². The molecule has 0 fully saturated rings. The van der Waals surface area contributed by atoms with Gasteiger partial charge in [-0.15, -0.1) is 0 Å². The summed E-state index contributed by atoms with van der Waals surface area (Å²) in [5, 5.41) is 0. The second-order valence-electron chi connectivity index (χ2n) is 6.06. The Kier molecular flexibility index (Phi) is 8.24. The van der Waals surface area contributed by atoms with Crippen LogP contribution in [0.15, 0.2) is 24.3 Å². The van der Waals surface area contributed by atoms with Crippen molar-refractivity contribution in [3.63, 3.8) is 0 Å². The molecule has 0 amide bonds. The Bertz CT molecular complexity index is 428. The largest absolute Gasteiger partial charge is 0.380 e. The molecular formula is C17H29FO3Si. The minimum Gasteiger partial charge on any atom is -0.380 e. The molecule has 1 aromatic carbocycles. The molecule has 3 nitrogen and oxygen atoms in total. The molecule has 126 valence electrons. The number of halogens is 1. The van der Waals surface area contributed by atoms with E-state index in [2.05, 4.69) is 0 Å². The van der Waals surface area contributed by atoms with Gasteiger partial charge in [-0.1, -0.05) is 12.1 Å². The van der Waals surface area contributed by atoms with Crippen molar-refractivity contribution >= 4 is 10.5 Å². The maximum absolute atomic E-state index is 13.2. The van der Waals surface area contributed by atoms with E-state index in [0.717, 1.165) is 24.8 Å². The summed E-state index contributed by atoms with van der Waals surface area (Å²) < 4.78 is 30.6. The van der Waals surface area contributed by atoms with Gasteiger partial charge in [0.1, 0.15) is 5.82 Å². The summed E-state index contributed by atoms with van der Waals surface area (Å²) in [5.41, 5.74) is 1.02. The summed E-state index contributed by atoms with van der Waals surface area (Å²) >= 11 is 0. The molecule has 0 heterocycles. The second-order valence-corrected chi connectivity index (χ2v) is 6.47. The molecule has 0 unspecified atom stereocenters. The van der Waals surface area contributed by atoms with E-state index in [-0.39, 0.29) is 18.0 Å². The lowest BCUT2D eigenvalue weighted by Crippen LogP contribution is -2.42. The van der Waals surface area contributed by atoms with E-state index in [1.54, 1.807) is 12.1 Å². The summed E-state index contributed by atoms with van der Waals surface area (Å²) in [6.45, 7) is 7.91. The number of aryl methyl sites for hydroxylation is 1. The smallest absolute Gasteiger partial charge is 0.273 e. The minimum absolute atomic E-state index is 0.0379. The zero-order valence-electron chi connectivity index (χ0n) is 14.4. The van der Waals surface area contributed by atoms with E-state index < -0.39 is 5.97 Å². The molecule has 0 radical (unpaired) electrons. The molecule has 0 spiro atoms. The molecule has 0 atom stereocenters. The van der Waals surface area contributed by atoms with Gasteiger partial charge < -0.3 is 13.9 Å². The first kappa shape index (κ1) is 19.3. The molecule has 0 aromatic heterocycles. The zero-order chi connectivity index (χ0) is 16.6. The van der Waals surface area contributed by atoms with Crippen LogP contribution in [0.3, 0.4) is 0 Å². The van der Waals surface area contributed by atoms with Crippen LogP contribution in [-0.2, 0) is 20.3 Å². The standard InChI is InChI=1S/C17H29FO3Si/c1-13(2)19-17(21-22,20-14(3)4)11-6-5-8-15-9-7-10-16(18)12-15/h7,9-10,12-14H,5-6,8,11H2,1-4,22H3. The Balaban J connectivity index is 2.52. The van der Waals surface area contributed by atoms with Crippen molar-refractivity contribution in [1.29, 1.82) is 0 Å². The van der Waals surface area contributed by atoms with Crippen LogP contribution in [0.2, 0.25) is 0 Å². The fourth-order valence-electron chi connectivity index (χ4n) is 2.43. The highest BCUT2D eigenvalue weighted by Crippen LogP contribution is 2.26. The number of benzene rings is 1. The van der Waals surface area contributed by atoms with Crippen LogP contribution in [0.1, 0.15) is 52.5 Å². The van der Waals surface area contributed by atoms with Gasteiger partial charge in [0, 0.05) is 6.42 Å². The van der Waals surface area contributed by atoms with Crippen LogP contribution in [0.4, 0.5) is 4.39 Å². The monoisotopic (exact) mass is 328 g/mol. The van der Waals surface area contributed by atoms with Crippen molar-refractivity contribution in [3.8, 4) is 0 Å². The number of hydrogen-bond acceptors (Lipinski definition) is 3. The minimum atomic E-state index is -0.934. The summed E-state index contributed by atoms with van der Waals surface area (Å²) in [5.74, 6) is -1.11. The number of hydrogen-bond donors (Lipinski definition) is 0. The third-order valence-electron chi connectivity index (χ3n) is 3.23. The highest BCUT2D eigenvalue weighted by atomic mass is 28.2. The number of ether oxygens (including phenoxy) is 2. The summed E-state index contributed by atoms with van der Waals surface area (Å²) in [4.78, 5) is 0. The second kappa shape index (κ2) is 9.40. The Morgan fingerprint density at radius 3 is 2.23 bits per heavy atom. The molecule has 5 heteroatoms. The summed E-state index contributed by atoms with van der Waals surface area (Å²) in [6, 6.07) is 6.76. The van der Waals surface area contributed by atoms with E-state index >= 15 is 0 Å². The fraction of sp³-hybridized carbons (Fsp3) is 0.647. The van der Waals surface area contributed by atoms with E-state index in [9.17, 15) is 4.39 Å². The quantitative estimate of drug-likeness (QED) is 0.374. The highest BCUT2D eigenvalue weighted by molar-refractivity contribution is 5.98. The van der Waals surface area contributed by atoms with Gasteiger partial charge in [0.25, 0.3) is 5.97 Å². The molecule has 0 saturated heterocycles. The van der Waals surface area contributed by atoms with Crippen LogP contribution in [0.5, 0.6) is 0 Å². The van der Waals surface area contributed by atoms with Crippen LogP contribution < -0.4 is 0 Å². The maximum atomic E-state index is 13.2. The first-order chi connectivity index (χ1) is 10.4. The first-order valence-corrected chi connectivity index (χ1v) is 8.84.